The van der Waals surface area contributed by atoms with E-state index in [1.165, 1.54) is 11.8 Å². The van der Waals surface area contributed by atoms with Crippen molar-refractivity contribution in [3.63, 3.8) is 0 Å². The van der Waals surface area contributed by atoms with Crippen molar-refractivity contribution in [3.8, 4) is 22.8 Å². The maximum absolute atomic E-state index is 12.5. The largest absolute Gasteiger partial charge is 0.495 e. The van der Waals surface area contributed by atoms with Crippen LogP contribution in [0.2, 0.25) is 5.02 Å². The molecule has 2 aromatic heterocycles. The van der Waals surface area contributed by atoms with Gasteiger partial charge in [0.25, 0.3) is 5.91 Å². The molecule has 0 spiro atoms. The molecule has 0 radical (unpaired) electrons. The lowest BCUT2D eigenvalue weighted by Gasteiger charge is -2.14. The van der Waals surface area contributed by atoms with E-state index >= 15 is 0 Å². The van der Waals surface area contributed by atoms with E-state index < -0.39 is 0 Å². The summed E-state index contributed by atoms with van der Waals surface area (Å²) in [6, 6.07) is 26.4. The van der Waals surface area contributed by atoms with Crippen LogP contribution >= 0.6 is 23.4 Å². The fourth-order valence-electron chi connectivity index (χ4n) is 3.79. The molecule has 0 aliphatic heterocycles. The van der Waals surface area contributed by atoms with Crippen molar-refractivity contribution >= 4 is 29.3 Å². The Morgan fingerprint density at radius 3 is 2.54 bits per heavy atom. The number of nitrogens with zero attached hydrogens (tertiary/aromatic N) is 3. The smallest absolute Gasteiger partial charge is 0.251 e. The van der Waals surface area contributed by atoms with Gasteiger partial charge in [0.05, 0.1) is 30.6 Å². The van der Waals surface area contributed by atoms with E-state index in [2.05, 4.69) is 15.5 Å². The number of nitrogens with one attached hydrogen (secondary N) is 1. The molecule has 0 saturated heterocycles. The van der Waals surface area contributed by atoms with Crippen LogP contribution in [-0.2, 0) is 12.3 Å². The number of hydrogen-bond acceptors (Lipinski definition) is 6. The summed E-state index contributed by atoms with van der Waals surface area (Å²) in [6.07, 6.45) is 1.58. The van der Waals surface area contributed by atoms with Crippen LogP contribution < -0.4 is 10.1 Å². The minimum absolute atomic E-state index is 0.157. The number of amides is 1. The maximum Gasteiger partial charge on any atom is 0.251 e. The van der Waals surface area contributed by atoms with Gasteiger partial charge in [0, 0.05) is 16.9 Å². The summed E-state index contributed by atoms with van der Waals surface area (Å²) in [7, 11) is 1.64. The molecule has 0 aliphatic carbocycles. The van der Waals surface area contributed by atoms with Crippen LogP contribution in [0.25, 0.3) is 17.1 Å². The molecule has 186 valence electrons. The molecule has 1 N–H and O–H groups in total. The highest BCUT2D eigenvalue weighted by molar-refractivity contribution is 7.98. The Bertz CT molecular complexity index is 1500. The SMILES string of the molecule is COc1ccccc1-n1c(SCc2ccc(C(=O)NCc3ccco3)cc2)nnc1-c1ccccc1Cl. The van der Waals surface area contributed by atoms with Gasteiger partial charge in [0.1, 0.15) is 11.5 Å². The lowest BCUT2D eigenvalue weighted by molar-refractivity contribution is 0.0948. The van der Waals surface area contributed by atoms with E-state index in [9.17, 15) is 4.79 Å². The van der Waals surface area contributed by atoms with Crippen LogP contribution in [0.1, 0.15) is 21.7 Å². The molecule has 0 saturated carbocycles. The topological polar surface area (TPSA) is 82.2 Å². The first kappa shape index (κ1) is 24.7. The predicted octanol–water partition coefficient (Wildman–Crippen LogP) is 6.41. The first-order chi connectivity index (χ1) is 18.1. The molecule has 2 heterocycles. The lowest BCUT2D eigenvalue weighted by atomic mass is 10.1. The number of benzene rings is 3. The maximum atomic E-state index is 12.5. The van der Waals surface area contributed by atoms with E-state index in [1.54, 1.807) is 19.4 Å². The Kier molecular flexibility index (Phi) is 7.58. The number of aromatic nitrogens is 3. The van der Waals surface area contributed by atoms with Crippen molar-refractivity contribution in [2.24, 2.45) is 0 Å². The number of carbonyl (C=O) groups is 1. The third-order valence-corrected chi connectivity index (χ3v) is 6.99. The van der Waals surface area contributed by atoms with Gasteiger partial charge in [-0.2, -0.15) is 0 Å². The monoisotopic (exact) mass is 530 g/mol. The third-order valence-electron chi connectivity index (χ3n) is 5.66. The second kappa shape index (κ2) is 11.4. The van der Waals surface area contributed by atoms with Crippen molar-refractivity contribution < 1.29 is 13.9 Å². The number of ether oxygens (including phenoxy) is 1. The zero-order valence-corrected chi connectivity index (χ0v) is 21.5. The molecule has 0 bridgehead atoms. The summed E-state index contributed by atoms with van der Waals surface area (Å²) < 4.78 is 12.8. The zero-order valence-electron chi connectivity index (χ0n) is 19.9. The Hall–Kier alpha value is -4.01. The van der Waals surface area contributed by atoms with Crippen molar-refractivity contribution in [2.75, 3.05) is 7.11 Å². The van der Waals surface area contributed by atoms with E-state index in [-0.39, 0.29) is 5.91 Å². The number of halogens is 1. The molecule has 5 rings (SSSR count). The molecule has 0 atom stereocenters. The fourth-order valence-corrected chi connectivity index (χ4v) is 4.92. The number of methoxy groups -OCH3 is 1. The normalized spacial score (nSPS) is 10.9. The second-order valence-electron chi connectivity index (χ2n) is 8.04. The summed E-state index contributed by atoms with van der Waals surface area (Å²) in [5.74, 6) is 2.50. The van der Waals surface area contributed by atoms with E-state index in [4.69, 9.17) is 20.8 Å². The molecular formula is C28H23ClN4O3S. The standard InChI is InChI=1S/C28H23ClN4O3S/c1-35-25-11-5-4-10-24(25)33-26(22-8-2-3-9-23(22)29)31-32-28(33)37-18-19-12-14-20(15-13-19)27(34)30-17-21-7-6-16-36-21/h2-16H,17-18H2,1H3,(H,30,34). The van der Waals surface area contributed by atoms with Gasteiger partial charge >= 0.3 is 0 Å². The lowest BCUT2D eigenvalue weighted by Crippen LogP contribution is -2.22. The number of thioether (sulfide) groups is 1. The quantitative estimate of drug-likeness (QED) is 0.222. The molecule has 7 nitrogen and oxygen atoms in total. The van der Waals surface area contributed by atoms with Gasteiger partial charge in [-0.15, -0.1) is 10.2 Å². The van der Waals surface area contributed by atoms with Gasteiger partial charge in [-0.25, -0.2) is 0 Å². The van der Waals surface area contributed by atoms with Gasteiger partial charge < -0.3 is 14.5 Å². The van der Waals surface area contributed by atoms with Crippen molar-refractivity contribution in [2.45, 2.75) is 17.5 Å². The van der Waals surface area contributed by atoms with Gasteiger partial charge in [-0.3, -0.25) is 9.36 Å². The molecular weight excluding hydrogens is 508 g/mol. The third kappa shape index (κ3) is 5.55. The highest BCUT2D eigenvalue weighted by Gasteiger charge is 2.20. The van der Waals surface area contributed by atoms with Crippen molar-refractivity contribution in [1.29, 1.82) is 0 Å². The Balaban J connectivity index is 1.37. The van der Waals surface area contributed by atoms with Crippen molar-refractivity contribution in [3.05, 3.63) is 113 Å². The molecule has 0 unspecified atom stereocenters. The van der Waals surface area contributed by atoms with Crippen LogP contribution in [0.5, 0.6) is 5.75 Å². The Labute approximate surface area is 223 Å². The van der Waals surface area contributed by atoms with Crippen molar-refractivity contribution in [1.82, 2.24) is 20.1 Å². The van der Waals surface area contributed by atoms with Gasteiger partial charge in [-0.1, -0.05) is 59.8 Å². The first-order valence-electron chi connectivity index (χ1n) is 11.5. The Morgan fingerprint density at radius 2 is 1.78 bits per heavy atom. The molecule has 37 heavy (non-hydrogen) atoms. The summed E-state index contributed by atoms with van der Waals surface area (Å²) >= 11 is 8.04. The minimum Gasteiger partial charge on any atom is -0.495 e. The fraction of sp³-hybridized carbons (Fsp3) is 0.107. The summed E-state index contributed by atoms with van der Waals surface area (Å²) in [6.45, 7) is 0.343. The molecule has 9 heteroatoms. The van der Waals surface area contributed by atoms with Crippen LogP contribution in [0.3, 0.4) is 0 Å². The molecule has 1 amide bonds. The highest BCUT2D eigenvalue weighted by Crippen LogP contribution is 2.35. The summed E-state index contributed by atoms with van der Waals surface area (Å²) in [4.78, 5) is 12.5. The molecule has 5 aromatic rings. The van der Waals surface area contributed by atoms with Gasteiger partial charge in [-0.05, 0) is 54.1 Å². The number of carbonyl (C=O) groups excluding carboxylic acids is 1. The average Bonchev–Trinajstić information content (AvgIpc) is 3.61. The van der Waals surface area contributed by atoms with Crippen LogP contribution in [0.4, 0.5) is 0 Å². The number of furan rings is 1. The van der Waals surface area contributed by atoms with Crippen LogP contribution in [0.15, 0.2) is 101 Å². The highest BCUT2D eigenvalue weighted by atomic mass is 35.5. The molecule has 0 fully saturated rings. The van der Waals surface area contributed by atoms with E-state index in [0.29, 0.717) is 45.4 Å². The summed E-state index contributed by atoms with van der Waals surface area (Å²) in [5.41, 5.74) is 3.22. The number of para-hydroxylation sites is 2. The average molecular weight is 531 g/mol. The first-order valence-corrected chi connectivity index (χ1v) is 12.9. The summed E-state index contributed by atoms with van der Waals surface area (Å²) in [5, 5.41) is 13.1. The predicted molar refractivity (Wildman–Crippen MR) is 144 cm³/mol. The minimum atomic E-state index is -0.157. The van der Waals surface area contributed by atoms with Gasteiger partial charge in [0.2, 0.25) is 0 Å². The number of rotatable bonds is 9. The van der Waals surface area contributed by atoms with E-state index in [1.807, 2.05) is 83.4 Å². The Morgan fingerprint density at radius 1 is 1.00 bits per heavy atom. The molecule has 0 aliphatic rings. The second-order valence-corrected chi connectivity index (χ2v) is 9.39. The number of hydrogen-bond donors (Lipinski definition) is 1. The van der Waals surface area contributed by atoms with Gasteiger partial charge in [0.15, 0.2) is 11.0 Å². The van der Waals surface area contributed by atoms with E-state index in [0.717, 1.165) is 16.8 Å². The van der Waals surface area contributed by atoms with Crippen LogP contribution in [-0.4, -0.2) is 27.8 Å². The zero-order chi connectivity index (χ0) is 25.6. The molecule has 3 aromatic carbocycles. The van der Waals surface area contributed by atoms with Crippen LogP contribution in [0, 0.1) is 0 Å².